The van der Waals surface area contributed by atoms with Crippen molar-refractivity contribution in [2.75, 3.05) is 19.0 Å². The number of aromatic amines is 1. The molecule has 0 bridgehead atoms. The third kappa shape index (κ3) is 3.81. The number of hydrogen-bond acceptors (Lipinski definition) is 4. The summed E-state index contributed by atoms with van der Waals surface area (Å²) in [6.45, 7) is -0.116. The summed E-state index contributed by atoms with van der Waals surface area (Å²) >= 11 is 0. The van der Waals surface area contributed by atoms with Gasteiger partial charge < -0.3 is 19.8 Å². The molecule has 1 amide bonds. The number of anilines is 1. The lowest BCUT2D eigenvalue weighted by Crippen LogP contribution is -2.20. The number of nitrogens with one attached hydrogen (secondary N) is 2. The monoisotopic (exact) mass is 373 g/mol. The first-order valence-electron chi connectivity index (χ1n) is 8.84. The van der Waals surface area contributed by atoms with Crippen LogP contribution in [0.1, 0.15) is 0 Å². The number of rotatable bonds is 6. The van der Waals surface area contributed by atoms with Crippen molar-refractivity contribution in [3.05, 3.63) is 72.8 Å². The molecule has 6 heteroatoms. The SMILES string of the molecule is COc1ccccc1OCC(=O)Nc1cccc(-c2nc3ccccc3[nH]2)c1. The van der Waals surface area contributed by atoms with Crippen LogP contribution in [-0.2, 0) is 4.79 Å². The van der Waals surface area contributed by atoms with Crippen molar-refractivity contribution in [3.63, 3.8) is 0 Å². The fourth-order valence-electron chi connectivity index (χ4n) is 2.91. The van der Waals surface area contributed by atoms with Gasteiger partial charge in [-0.15, -0.1) is 0 Å². The molecule has 0 fully saturated rings. The summed E-state index contributed by atoms with van der Waals surface area (Å²) < 4.78 is 10.8. The maximum atomic E-state index is 12.3. The van der Waals surface area contributed by atoms with Gasteiger partial charge in [0, 0.05) is 11.3 Å². The second-order valence-electron chi connectivity index (χ2n) is 6.17. The summed E-state index contributed by atoms with van der Waals surface area (Å²) in [6.07, 6.45) is 0. The van der Waals surface area contributed by atoms with E-state index in [0.29, 0.717) is 17.2 Å². The van der Waals surface area contributed by atoms with Crippen LogP contribution in [0.2, 0.25) is 0 Å². The van der Waals surface area contributed by atoms with Crippen molar-refractivity contribution in [2.45, 2.75) is 0 Å². The van der Waals surface area contributed by atoms with Gasteiger partial charge in [-0.2, -0.15) is 0 Å². The van der Waals surface area contributed by atoms with Gasteiger partial charge in [-0.25, -0.2) is 4.98 Å². The molecule has 0 spiro atoms. The first-order chi connectivity index (χ1) is 13.7. The molecule has 0 saturated carbocycles. The average molecular weight is 373 g/mol. The molecule has 6 nitrogen and oxygen atoms in total. The first-order valence-corrected chi connectivity index (χ1v) is 8.84. The van der Waals surface area contributed by atoms with E-state index >= 15 is 0 Å². The standard InChI is InChI=1S/C22H19N3O3/c1-27-19-11-4-5-12-20(19)28-14-21(26)23-16-8-6-7-15(13-16)22-24-17-9-2-3-10-18(17)25-22/h2-13H,14H2,1H3,(H,23,26)(H,24,25). The number of imidazole rings is 1. The van der Waals surface area contributed by atoms with E-state index in [1.807, 2.05) is 60.7 Å². The summed E-state index contributed by atoms with van der Waals surface area (Å²) in [5.41, 5.74) is 3.43. The van der Waals surface area contributed by atoms with Crippen LogP contribution in [0.5, 0.6) is 11.5 Å². The lowest BCUT2D eigenvalue weighted by atomic mass is 10.2. The molecule has 1 heterocycles. The van der Waals surface area contributed by atoms with Crippen molar-refractivity contribution >= 4 is 22.6 Å². The Morgan fingerprint density at radius 3 is 2.61 bits per heavy atom. The normalized spacial score (nSPS) is 10.6. The van der Waals surface area contributed by atoms with Crippen molar-refractivity contribution in [1.82, 2.24) is 9.97 Å². The number of amides is 1. The molecule has 0 unspecified atom stereocenters. The summed E-state index contributed by atoms with van der Waals surface area (Å²) in [7, 11) is 1.56. The lowest BCUT2D eigenvalue weighted by molar-refractivity contribution is -0.118. The fraction of sp³-hybridized carbons (Fsp3) is 0.0909. The second kappa shape index (κ2) is 7.84. The number of carbonyl (C=O) groups excluding carboxylic acids is 1. The van der Waals surface area contributed by atoms with Crippen molar-refractivity contribution in [2.24, 2.45) is 0 Å². The fourth-order valence-corrected chi connectivity index (χ4v) is 2.91. The Hall–Kier alpha value is -3.80. The Kier molecular flexibility index (Phi) is 4.93. The molecular weight excluding hydrogens is 354 g/mol. The lowest BCUT2D eigenvalue weighted by Gasteiger charge is -2.11. The number of fused-ring (bicyclic) bond motifs is 1. The number of ether oxygens (including phenoxy) is 2. The molecule has 0 atom stereocenters. The van der Waals surface area contributed by atoms with Crippen molar-refractivity contribution < 1.29 is 14.3 Å². The molecule has 0 aliphatic rings. The Balaban J connectivity index is 1.45. The van der Waals surface area contributed by atoms with Crippen LogP contribution in [-0.4, -0.2) is 29.6 Å². The Labute approximate surface area is 162 Å². The Morgan fingerprint density at radius 1 is 1.00 bits per heavy atom. The summed E-state index contributed by atoms with van der Waals surface area (Å²) in [5.74, 6) is 1.61. The van der Waals surface area contributed by atoms with E-state index < -0.39 is 0 Å². The summed E-state index contributed by atoms with van der Waals surface area (Å²) in [5, 5.41) is 2.85. The molecule has 2 N–H and O–H groups in total. The molecule has 0 aliphatic heterocycles. The van der Waals surface area contributed by atoms with Crippen LogP contribution in [0.15, 0.2) is 72.8 Å². The number of methoxy groups -OCH3 is 1. The third-order valence-electron chi connectivity index (χ3n) is 4.24. The van der Waals surface area contributed by atoms with E-state index in [1.54, 1.807) is 19.2 Å². The highest BCUT2D eigenvalue weighted by atomic mass is 16.5. The van der Waals surface area contributed by atoms with Crippen LogP contribution in [0.3, 0.4) is 0 Å². The minimum atomic E-state index is -0.257. The number of H-pyrrole nitrogens is 1. The van der Waals surface area contributed by atoms with Crippen molar-refractivity contribution in [3.8, 4) is 22.9 Å². The van der Waals surface area contributed by atoms with E-state index in [9.17, 15) is 4.79 Å². The van der Waals surface area contributed by atoms with Crippen LogP contribution in [0.4, 0.5) is 5.69 Å². The van der Waals surface area contributed by atoms with Crippen LogP contribution in [0.25, 0.3) is 22.4 Å². The second-order valence-corrected chi connectivity index (χ2v) is 6.17. The van der Waals surface area contributed by atoms with Crippen LogP contribution in [0, 0.1) is 0 Å². The van der Waals surface area contributed by atoms with E-state index in [1.165, 1.54) is 0 Å². The third-order valence-corrected chi connectivity index (χ3v) is 4.24. The predicted octanol–water partition coefficient (Wildman–Crippen LogP) is 4.26. The molecule has 1 aromatic heterocycles. The number of benzene rings is 3. The summed E-state index contributed by atoms with van der Waals surface area (Å²) in [4.78, 5) is 20.2. The predicted molar refractivity (Wildman–Crippen MR) is 109 cm³/mol. The zero-order valence-corrected chi connectivity index (χ0v) is 15.3. The van der Waals surface area contributed by atoms with Gasteiger partial charge in [-0.05, 0) is 36.4 Å². The number of hydrogen-bond donors (Lipinski definition) is 2. The molecule has 28 heavy (non-hydrogen) atoms. The van der Waals surface area contributed by atoms with Gasteiger partial charge in [0.05, 0.1) is 18.1 Å². The molecular formula is C22H19N3O3. The quantitative estimate of drug-likeness (QED) is 0.530. The molecule has 4 rings (SSSR count). The molecule has 3 aromatic carbocycles. The largest absolute Gasteiger partial charge is 0.493 e. The highest BCUT2D eigenvalue weighted by molar-refractivity contribution is 5.92. The number of aromatic nitrogens is 2. The van der Waals surface area contributed by atoms with Gasteiger partial charge in [0.15, 0.2) is 18.1 Å². The zero-order valence-electron chi connectivity index (χ0n) is 15.3. The Morgan fingerprint density at radius 2 is 1.79 bits per heavy atom. The Bertz CT molecular complexity index is 1090. The first kappa shape index (κ1) is 17.6. The van der Waals surface area contributed by atoms with Gasteiger partial charge in [0.25, 0.3) is 5.91 Å². The van der Waals surface area contributed by atoms with E-state index in [2.05, 4.69) is 15.3 Å². The minimum Gasteiger partial charge on any atom is -0.493 e. The maximum Gasteiger partial charge on any atom is 0.262 e. The molecule has 4 aromatic rings. The minimum absolute atomic E-state index is 0.116. The average Bonchev–Trinajstić information content (AvgIpc) is 3.17. The van der Waals surface area contributed by atoms with E-state index in [0.717, 1.165) is 22.4 Å². The van der Waals surface area contributed by atoms with Crippen molar-refractivity contribution in [1.29, 1.82) is 0 Å². The van der Waals surface area contributed by atoms with Gasteiger partial charge >= 0.3 is 0 Å². The maximum absolute atomic E-state index is 12.3. The molecule has 0 aliphatic carbocycles. The number of para-hydroxylation sites is 4. The molecule has 140 valence electrons. The zero-order chi connectivity index (χ0) is 19.3. The van der Waals surface area contributed by atoms with Gasteiger partial charge in [0.1, 0.15) is 5.82 Å². The topological polar surface area (TPSA) is 76.2 Å². The van der Waals surface area contributed by atoms with Crippen LogP contribution < -0.4 is 14.8 Å². The number of nitrogens with zero attached hydrogens (tertiary/aromatic N) is 1. The molecule has 0 saturated heterocycles. The highest BCUT2D eigenvalue weighted by Gasteiger charge is 2.09. The summed E-state index contributed by atoms with van der Waals surface area (Å²) in [6, 6.07) is 22.6. The van der Waals surface area contributed by atoms with Gasteiger partial charge in [-0.1, -0.05) is 36.4 Å². The van der Waals surface area contributed by atoms with Gasteiger partial charge in [0.2, 0.25) is 0 Å². The van der Waals surface area contributed by atoms with E-state index in [4.69, 9.17) is 9.47 Å². The number of carbonyl (C=O) groups is 1. The highest BCUT2D eigenvalue weighted by Crippen LogP contribution is 2.26. The smallest absolute Gasteiger partial charge is 0.262 e. The van der Waals surface area contributed by atoms with Crippen LogP contribution >= 0.6 is 0 Å². The van der Waals surface area contributed by atoms with E-state index in [-0.39, 0.29) is 12.5 Å². The van der Waals surface area contributed by atoms with Gasteiger partial charge in [-0.3, -0.25) is 4.79 Å². The molecule has 0 radical (unpaired) electrons.